The van der Waals surface area contributed by atoms with E-state index < -0.39 is 0 Å². The van der Waals surface area contributed by atoms with Gasteiger partial charge in [0.2, 0.25) is 0 Å². The average Bonchev–Trinajstić information content (AvgIpc) is 1.78. The Morgan fingerprint density at radius 2 is 2.33 bits per heavy atom. The molecular formula is C7H16N2. The minimum absolute atomic E-state index is 0.787. The van der Waals surface area contributed by atoms with Gasteiger partial charge in [0.05, 0.1) is 0 Å². The highest BCUT2D eigenvalue weighted by molar-refractivity contribution is 4.79. The number of hydrogen-bond acceptors (Lipinski definition) is 2. The first-order valence-electron chi connectivity index (χ1n) is 3.75. The molecule has 1 atom stereocenters. The molecule has 1 aliphatic rings. The van der Waals surface area contributed by atoms with Crippen LogP contribution in [-0.4, -0.2) is 37.6 Å². The monoisotopic (exact) mass is 128 g/mol. The summed E-state index contributed by atoms with van der Waals surface area (Å²) in [5.74, 6) is 0. The number of rotatable bonds is 3. The second kappa shape index (κ2) is 3.18. The van der Waals surface area contributed by atoms with Crippen LogP contribution in [0, 0.1) is 0 Å². The molecule has 1 heterocycles. The number of nitrogens with one attached hydrogen (secondary N) is 1. The zero-order valence-electron chi connectivity index (χ0n) is 6.35. The van der Waals surface area contributed by atoms with E-state index in [-0.39, 0.29) is 0 Å². The molecule has 0 radical (unpaired) electrons. The number of nitrogens with zero attached hydrogens (tertiary/aromatic N) is 1. The molecule has 0 aromatic rings. The molecule has 1 N–H and O–H groups in total. The van der Waals surface area contributed by atoms with Crippen LogP contribution in [-0.2, 0) is 0 Å². The Bertz CT molecular complexity index is 76.2. The van der Waals surface area contributed by atoms with Crippen molar-refractivity contribution in [2.45, 2.75) is 19.4 Å². The van der Waals surface area contributed by atoms with E-state index in [0.29, 0.717) is 0 Å². The lowest BCUT2D eigenvalue weighted by atomic mass is 10.1. The van der Waals surface area contributed by atoms with Gasteiger partial charge < -0.3 is 10.2 Å². The lowest BCUT2D eigenvalue weighted by Gasteiger charge is -2.31. The van der Waals surface area contributed by atoms with E-state index in [1.54, 1.807) is 0 Å². The van der Waals surface area contributed by atoms with Crippen molar-refractivity contribution in [2.75, 3.05) is 26.7 Å². The third-order valence-corrected chi connectivity index (χ3v) is 2.00. The van der Waals surface area contributed by atoms with Gasteiger partial charge in [0.15, 0.2) is 0 Å². The molecule has 1 aliphatic heterocycles. The first kappa shape index (κ1) is 7.03. The highest BCUT2D eigenvalue weighted by atomic mass is 15.1. The second-order valence-corrected chi connectivity index (χ2v) is 2.79. The van der Waals surface area contributed by atoms with Gasteiger partial charge in [-0.1, -0.05) is 6.92 Å². The predicted molar refractivity (Wildman–Crippen MR) is 39.6 cm³/mol. The first-order valence-corrected chi connectivity index (χ1v) is 3.75. The van der Waals surface area contributed by atoms with Crippen LogP contribution in [0.5, 0.6) is 0 Å². The van der Waals surface area contributed by atoms with Crippen LogP contribution in [0.3, 0.4) is 0 Å². The second-order valence-electron chi connectivity index (χ2n) is 2.79. The molecule has 54 valence electrons. The van der Waals surface area contributed by atoms with Crippen molar-refractivity contribution in [3.05, 3.63) is 0 Å². The lowest BCUT2D eigenvalue weighted by molar-refractivity contribution is 0.249. The van der Waals surface area contributed by atoms with Gasteiger partial charge in [-0.2, -0.15) is 0 Å². The quantitative estimate of drug-likeness (QED) is 0.588. The summed E-state index contributed by atoms with van der Waals surface area (Å²) in [6.07, 6.45) is 1.37. The molecule has 0 aromatic heterocycles. The molecule has 1 fully saturated rings. The Kier molecular flexibility index (Phi) is 2.49. The molecule has 0 spiro atoms. The summed E-state index contributed by atoms with van der Waals surface area (Å²) in [7, 11) is 2.17. The fourth-order valence-corrected chi connectivity index (χ4v) is 1.01. The summed E-state index contributed by atoms with van der Waals surface area (Å²) in [6, 6.07) is 0.787. The summed E-state index contributed by atoms with van der Waals surface area (Å²) in [5.41, 5.74) is 0. The molecule has 1 unspecified atom stereocenters. The summed E-state index contributed by atoms with van der Waals surface area (Å²) in [5, 5.41) is 3.37. The Labute approximate surface area is 57.2 Å². The van der Waals surface area contributed by atoms with E-state index >= 15 is 0 Å². The van der Waals surface area contributed by atoms with Crippen LogP contribution in [0.4, 0.5) is 0 Å². The van der Waals surface area contributed by atoms with Crippen molar-refractivity contribution in [1.29, 1.82) is 0 Å². The van der Waals surface area contributed by atoms with Gasteiger partial charge in [0.1, 0.15) is 0 Å². The standard InChI is InChI=1S/C7H16N2/c1-3-9(2)6-7-4-5-8-7/h7-8H,3-6H2,1-2H3. The maximum Gasteiger partial charge on any atom is 0.0206 e. The smallest absolute Gasteiger partial charge is 0.0206 e. The molecule has 0 aliphatic carbocycles. The van der Waals surface area contributed by atoms with Crippen LogP contribution >= 0.6 is 0 Å². The zero-order chi connectivity index (χ0) is 6.69. The lowest BCUT2D eigenvalue weighted by Crippen LogP contribution is -2.49. The van der Waals surface area contributed by atoms with Crippen LogP contribution in [0.15, 0.2) is 0 Å². The molecule has 9 heavy (non-hydrogen) atoms. The molecule has 2 heteroatoms. The first-order chi connectivity index (χ1) is 4.33. The van der Waals surface area contributed by atoms with Crippen molar-refractivity contribution >= 4 is 0 Å². The molecule has 1 rings (SSSR count). The maximum atomic E-state index is 3.37. The summed E-state index contributed by atoms with van der Waals surface area (Å²) in [4.78, 5) is 2.34. The molecule has 1 saturated heterocycles. The summed E-state index contributed by atoms with van der Waals surface area (Å²) >= 11 is 0. The van der Waals surface area contributed by atoms with Crippen LogP contribution in [0.25, 0.3) is 0 Å². The van der Waals surface area contributed by atoms with E-state index in [1.807, 2.05) is 0 Å². The van der Waals surface area contributed by atoms with Gasteiger partial charge in [0.25, 0.3) is 0 Å². The summed E-state index contributed by atoms with van der Waals surface area (Å²) in [6.45, 7) is 5.80. The van der Waals surface area contributed by atoms with Gasteiger partial charge in [-0.15, -0.1) is 0 Å². The van der Waals surface area contributed by atoms with Crippen molar-refractivity contribution in [3.63, 3.8) is 0 Å². The fraction of sp³-hybridized carbons (Fsp3) is 1.00. The SMILES string of the molecule is CCN(C)CC1CCN1. The van der Waals surface area contributed by atoms with Crippen LogP contribution in [0.2, 0.25) is 0 Å². The van der Waals surface area contributed by atoms with E-state index in [9.17, 15) is 0 Å². The van der Waals surface area contributed by atoms with Gasteiger partial charge >= 0.3 is 0 Å². The van der Waals surface area contributed by atoms with Crippen molar-refractivity contribution in [3.8, 4) is 0 Å². The normalized spacial score (nSPS) is 26.3. The highest BCUT2D eigenvalue weighted by Gasteiger charge is 2.16. The molecule has 0 amide bonds. The van der Waals surface area contributed by atoms with Gasteiger partial charge in [0, 0.05) is 12.6 Å². The third-order valence-electron chi connectivity index (χ3n) is 2.00. The topological polar surface area (TPSA) is 15.3 Å². The van der Waals surface area contributed by atoms with Gasteiger partial charge in [-0.05, 0) is 26.6 Å². The minimum atomic E-state index is 0.787. The molecular weight excluding hydrogens is 112 g/mol. The maximum absolute atomic E-state index is 3.37. The third kappa shape index (κ3) is 1.95. The van der Waals surface area contributed by atoms with Crippen LogP contribution in [0.1, 0.15) is 13.3 Å². The number of likely N-dealkylation sites (N-methyl/N-ethyl adjacent to an activating group) is 1. The Morgan fingerprint density at radius 3 is 2.67 bits per heavy atom. The van der Waals surface area contributed by atoms with Crippen molar-refractivity contribution in [1.82, 2.24) is 10.2 Å². The largest absolute Gasteiger partial charge is 0.313 e. The van der Waals surface area contributed by atoms with E-state index in [4.69, 9.17) is 0 Å². The predicted octanol–water partition coefficient (Wildman–Crippen LogP) is 0.300. The fourth-order valence-electron chi connectivity index (χ4n) is 1.01. The number of hydrogen-bond donors (Lipinski definition) is 1. The molecule has 0 saturated carbocycles. The van der Waals surface area contributed by atoms with Crippen LogP contribution < -0.4 is 5.32 Å². The van der Waals surface area contributed by atoms with E-state index in [1.165, 1.54) is 19.5 Å². The average molecular weight is 128 g/mol. The molecule has 2 nitrogen and oxygen atoms in total. The Hall–Kier alpha value is -0.0800. The Morgan fingerprint density at radius 1 is 1.67 bits per heavy atom. The zero-order valence-corrected chi connectivity index (χ0v) is 6.35. The molecule has 0 bridgehead atoms. The van der Waals surface area contributed by atoms with Gasteiger partial charge in [-0.3, -0.25) is 0 Å². The Balaban J connectivity index is 2.01. The van der Waals surface area contributed by atoms with Gasteiger partial charge in [-0.25, -0.2) is 0 Å². The van der Waals surface area contributed by atoms with E-state index in [2.05, 4.69) is 24.2 Å². The molecule has 0 aromatic carbocycles. The summed E-state index contributed by atoms with van der Waals surface area (Å²) < 4.78 is 0. The van der Waals surface area contributed by atoms with E-state index in [0.717, 1.165) is 12.6 Å². The van der Waals surface area contributed by atoms with Crippen molar-refractivity contribution in [2.24, 2.45) is 0 Å². The van der Waals surface area contributed by atoms with Crippen molar-refractivity contribution < 1.29 is 0 Å². The highest BCUT2D eigenvalue weighted by Crippen LogP contribution is 2.02. The minimum Gasteiger partial charge on any atom is -0.313 e.